The van der Waals surface area contributed by atoms with Crippen molar-refractivity contribution in [2.24, 2.45) is 4.99 Å². The number of anilines is 2. The van der Waals surface area contributed by atoms with Gasteiger partial charge < -0.3 is 15.1 Å². The molecule has 3 aliphatic heterocycles. The standard InChI is InChI=1S/C24H28N4O3S2/c1-16-3-4-17(2)21(13-16)27-9-11-28(12-10-27)23(29)18-5-7-19(8-6-18)25-24-26-20-14-33(30,31)15-22(20)32-24/h3-8,13,20,22H,9-12,14-15H2,1-2H3,(H,25,26)/t20-,22+/m0/s1. The van der Waals surface area contributed by atoms with Gasteiger partial charge in [-0.25, -0.2) is 8.42 Å². The van der Waals surface area contributed by atoms with Crippen molar-refractivity contribution in [2.45, 2.75) is 25.1 Å². The topological polar surface area (TPSA) is 82.1 Å². The van der Waals surface area contributed by atoms with Crippen LogP contribution in [-0.4, -0.2) is 73.4 Å². The van der Waals surface area contributed by atoms with Crippen molar-refractivity contribution < 1.29 is 13.2 Å². The molecule has 0 saturated carbocycles. The van der Waals surface area contributed by atoms with Gasteiger partial charge in [0.1, 0.15) is 0 Å². The van der Waals surface area contributed by atoms with Crippen molar-refractivity contribution in [1.29, 1.82) is 0 Å². The Morgan fingerprint density at radius 1 is 1.03 bits per heavy atom. The molecule has 2 aromatic rings. The highest BCUT2D eigenvalue weighted by Gasteiger charge is 2.42. The van der Waals surface area contributed by atoms with Crippen LogP contribution in [0.25, 0.3) is 0 Å². The van der Waals surface area contributed by atoms with E-state index in [0.29, 0.717) is 18.7 Å². The van der Waals surface area contributed by atoms with Crippen molar-refractivity contribution >= 4 is 44.0 Å². The number of aryl methyl sites for hydroxylation is 2. The molecule has 0 spiro atoms. The van der Waals surface area contributed by atoms with Crippen molar-refractivity contribution in [1.82, 2.24) is 4.90 Å². The van der Waals surface area contributed by atoms with E-state index in [0.717, 1.165) is 23.9 Å². The Bertz CT molecular complexity index is 1200. The zero-order valence-corrected chi connectivity index (χ0v) is 20.5. The molecule has 2 atom stereocenters. The van der Waals surface area contributed by atoms with E-state index in [9.17, 15) is 13.2 Å². The van der Waals surface area contributed by atoms with E-state index in [2.05, 4.69) is 47.3 Å². The number of hydrogen-bond acceptors (Lipinski definition) is 7. The van der Waals surface area contributed by atoms with Crippen molar-refractivity contribution in [3.05, 3.63) is 59.2 Å². The van der Waals surface area contributed by atoms with E-state index in [-0.39, 0.29) is 28.7 Å². The maximum absolute atomic E-state index is 13.0. The van der Waals surface area contributed by atoms with Crippen LogP contribution in [0.1, 0.15) is 21.5 Å². The number of nitrogens with one attached hydrogen (secondary N) is 1. The van der Waals surface area contributed by atoms with E-state index in [1.807, 2.05) is 29.2 Å². The third kappa shape index (κ3) is 4.75. The Morgan fingerprint density at radius 2 is 1.76 bits per heavy atom. The highest BCUT2D eigenvalue weighted by molar-refractivity contribution is 8.15. The summed E-state index contributed by atoms with van der Waals surface area (Å²) in [4.78, 5) is 21.8. The molecule has 9 heteroatoms. The van der Waals surface area contributed by atoms with Crippen LogP contribution in [0.5, 0.6) is 0 Å². The minimum absolute atomic E-state index is 0.0145. The van der Waals surface area contributed by atoms with Gasteiger partial charge in [-0.05, 0) is 55.3 Å². The first kappa shape index (κ1) is 22.3. The molecular formula is C24H28N4O3S2. The van der Waals surface area contributed by atoms with Gasteiger partial charge in [-0.15, -0.1) is 0 Å². The van der Waals surface area contributed by atoms with Crippen LogP contribution in [0.3, 0.4) is 0 Å². The summed E-state index contributed by atoms with van der Waals surface area (Å²) in [6.07, 6.45) is 0. The molecule has 1 N–H and O–H groups in total. The summed E-state index contributed by atoms with van der Waals surface area (Å²) in [5, 5.41) is 4.03. The lowest BCUT2D eigenvalue weighted by Crippen LogP contribution is -2.49. The van der Waals surface area contributed by atoms with Gasteiger partial charge in [0.2, 0.25) is 0 Å². The average molecular weight is 485 g/mol. The van der Waals surface area contributed by atoms with Gasteiger partial charge >= 0.3 is 0 Å². The summed E-state index contributed by atoms with van der Waals surface area (Å²) in [5.74, 6) is 0.385. The molecule has 0 bridgehead atoms. The van der Waals surface area contributed by atoms with Crippen molar-refractivity contribution in [3.8, 4) is 0 Å². The third-order valence-corrected chi connectivity index (χ3v) is 9.62. The lowest BCUT2D eigenvalue weighted by atomic mass is 10.1. The molecule has 0 aromatic heterocycles. The number of benzene rings is 2. The molecule has 2 fully saturated rings. The van der Waals surface area contributed by atoms with Crippen LogP contribution in [0, 0.1) is 13.8 Å². The quantitative estimate of drug-likeness (QED) is 0.722. The van der Waals surface area contributed by atoms with Crippen LogP contribution in [-0.2, 0) is 9.84 Å². The van der Waals surface area contributed by atoms with E-state index in [1.54, 1.807) is 0 Å². The molecule has 0 radical (unpaired) electrons. The molecule has 3 heterocycles. The maximum Gasteiger partial charge on any atom is 0.253 e. The third-order valence-electron chi connectivity index (χ3n) is 6.47. The number of hydrogen-bond donors (Lipinski definition) is 1. The highest BCUT2D eigenvalue weighted by atomic mass is 32.2. The number of piperazine rings is 1. The Morgan fingerprint density at radius 3 is 2.45 bits per heavy atom. The monoisotopic (exact) mass is 484 g/mol. The molecule has 0 unspecified atom stereocenters. The predicted octanol–water partition coefficient (Wildman–Crippen LogP) is 2.95. The molecule has 33 heavy (non-hydrogen) atoms. The molecule has 2 aromatic carbocycles. The highest BCUT2D eigenvalue weighted by Crippen LogP contribution is 2.34. The molecule has 5 rings (SSSR count). The summed E-state index contributed by atoms with van der Waals surface area (Å²) < 4.78 is 23.4. The second kappa shape index (κ2) is 8.68. The second-order valence-electron chi connectivity index (χ2n) is 9.01. The molecule has 3 aliphatic rings. The summed E-state index contributed by atoms with van der Waals surface area (Å²) >= 11 is 1.49. The lowest BCUT2D eigenvalue weighted by Gasteiger charge is -2.37. The molecule has 1 amide bonds. The number of amides is 1. The number of sulfone groups is 1. The number of rotatable bonds is 3. The molecule has 7 nitrogen and oxygen atoms in total. The molecule has 2 saturated heterocycles. The van der Waals surface area contributed by atoms with Crippen LogP contribution in [0.15, 0.2) is 47.5 Å². The van der Waals surface area contributed by atoms with E-state index < -0.39 is 9.84 Å². The van der Waals surface area contributed by atoms with Gasteiger partial charge in [-0.3, -0.25) is 9.79 Å². The van der Waals surface area contributed by atoms with Gasteiger partial charge in [-0.1, -0.05) is 23.9 Å². The van der Waals surface area contributed by atoms with Crippen LogP contribution >= 0.6 is 11.8 Å². The first-order chi connectivity index (χ1) is 15.8. The first-order valence-electron chi connectivity index (χ1n) is 11.2. The normalized spacial score (nSPS) is 23.9. The number of nitrogens with zero attached hydrogens (tertiary/aromatic N) is 3. The zero-order chi connectivity index (χ0) is 23.2. The van der Waals surface area contributed by atoms with E-state index in [1.165, 1.54) is 28.6 Å². The van der Waals surface area contributed by atoms with Crippen LogP contribution in [0.2, 0.25) is 0 Å². The summed E-state index contributed by atoms with van der Waals surface area (Å²) in [6, 6.07) is 13.8. The van der Waals surface area contributed by atoms with Crippen LogP contribution in [0.4, 0.5) is 11.4 Å². The fourth-order valence-corrected chi connectivity index (χ4v) is 8.30. The average Bonchev–Trinajstić information content (AvgIpc) is 3.28. The number of carbonyl (C=O) groups excluding carboxylic acids is 1. The van der Waals surface area contributed by atoms with Gasteiger partial charge in [0.05, 0.1) is 17.5 Å². The maximum atomic E-state index is 13.0. The van der Waals surface area contributed by atoms with E-state index in [4.69, 9.17) is 0 Å². The summed E-state index contributed by atoms with van der Waals surface area (Å²) in [7, 11) is -2.95. The van der Waals surface area contributed by atoms with Crippen molar-refractivity contribution in [2.75, 3.05) is 47.9 Å². The molecule has 174 valence electrons. The number of fused-ring (bicyclic) bond motifs is 1. The Kier molecular flexibility index (Phi) is 5.86. The SMILES string of the molecule is Cc1ccc(C)c(N2CCN(C(=O)c3ccc(NC4=N[C@H]5CS(=O)(=O)C[C@H]5S4)cc3)CC2)c1. The molecule has 0 aliphatic carbocycles. The van der Waals surface area contributed by atoms with Crippen LogP contribution < -0.4 is 10.2 Å². The minimum atomic E-state index is -2.95. The fraction of sp³-hybridized carbons (Fsp3) is 0.417. The van der Waals surface area contributed by atoms with E-state index >= 15 is 0 Å². The zero-order valence-electron chi connectivity index (χ0n) is 18.8. The predicted molar refractivity (Wildman–Crippen MR) is 135 cm³/mol. The molecular weight excluding hydrogens is 456 g/mol. The van der Waals surface area contributed by atoms with Gasteiger partial charge in [-0.2, -0.15) is 0 Å². The summed E-state index contributed by atoms with van der Waals surface area (Å²) in [6.45, 7) is 7.29. The number of amidine groups is 1. The largest absolute Gasteiger partial charge is 0.368 e. The Hall–Kier alpha value is -2.52. The van der Waals surface area contributed by atoms with Gasteiger partial charge in [0, 0.05) is 48.4 Å². The smallest absolute Gasteiger partial charge is 0.253 e. The minimum Gasteiger partial charge on any atom is -0.368 e. The van der Waals surface area contributed by atoms with Gasteiger partial charge in [0.25, 0.3) is 5.91 Å². The fourth-order valence-electron chi connectivity index (χ4n) is 4.63. The Balaban J connectivity index is 1.17. The van der Waals surface area contributed by atoms with Crippen molar-refractivity contribution in [3.63, 3.8) is 0 Å². The number of thioether (sulfide) groups is 1. The first-order valence-corrected chi connectivity index (χ1v) is 13.9. The Labute approximate surface area is 199 Å². The van der Waals surface area contributed by atoms with Gasteiger partial charge in [0.15, 0.2) is 15.0 Å². The second-order valence-corrected chi connectivity index (χ2v) is 12.4. The number of aliphatic imine (C=N–C) groups is 1. The lowest BCUT2D eigenvalue weighted by molar-refractivity contribution is 0.0747. The summed E-state index contributed by atoms with van der Waals surface area (Å²) in [5.41, 5.74) is 5.29. The number of carbonyl (C=O) groups is 1.